The van der Waals surface area contributed by atoms with Gasteiger partial charge in [0.15, 0.2) is 0 Å². The van der Waals surface area contributed by atoms with Gasteiger partial charge in [0.1, 0.15) is 6.61 Å². The summed E-state index contributed by atoms with van der Waals surface area (Å²) in [6.07, 6.45) is 5.01. The highest BCUT2D eigenvalue weighted by Crippen LogP contribution is 2.23. The van der Waals surface area contributed by atoms with Crippen molar-refractivity contribution in [3.8, 4) is 12.3 Å². The molecular formula is C11H20O4S. The molecule has 0 bridgehead atoms. The highest BCUT2D eigenvalue weighted by Gasteiger charge is 2.35. The van der Waals surface area contributed by atoms with E-state index in [9.17, 15) is 8.42 Å². The molecule has 0 aliphatic heterocycles. The highest BCUT2D eigenvalue weighted by molar-refractivity contribution is 7.88. The predicted molar refractivity (Wildman–Crippen MR) is 63.5 cm³/mol. The number of hydrogen-bond donors (Lipinski definition) is 0. The van der Waals surface area contributed by atoms with E-state index < -0.39 is 14.9 Å². The van der Waals surface area contributed by atoms with Gasteiger partial charge in [0.05, 0.1) is 10.9 Å². The maximum atomic E-state index is 11.8. The van der Waals surface area contributed by atoms with E-state index in [2.05, 4.69) is 5.92 Å². The molecule has 0 rings (SSSR count). The van der Waals surface area contributed by atoms with E-state index in [4.69, 9.17) is 15.3 Å². The average molecular weight is 248 g/mol. The Morgan fingerprint density at radius 1 is 1.38 bits per heavy atom. The second kappa shape index (κ2) is 6.24. The molecule has 0 N–H and O–H groups in total. The highest BCUT2D eigenvalue weighted by atomic mass is 32.2. The van der Waals surface area contributed by atoms with Crippen LogP contribution in [0.2, 0.25) is 0 Å². The van der Waals surface area contributed by atoms with E-state index in [1.165, 1.54) is 0 Å². The SMILES string of the molecule is C#CCOCCC(C)(C)S(=O)(=O)OC(C)C. The second-order valence-corrected chi connectivity index (χ2v) is 6.57. The number of hydrogen-bond acceptors (Lipinski definition) is 4. The zero-order valence-corrected chi connectivity index (χ0v) is 11.1. The first-order valence-corrected chi connectivity index (χ1v) is 6.58. The minimum Gasteiger partial charge on any atom is -0.369 e. The summed E-state index contributed by atoms with van der Waals surface area (Å²) in [6, 6.07) is 0. The van der Waals surface area contributed by atoms with Crippen LogP contribution in [0.25, 0.3) is 0 Å². The van der Waals surface area contributed by atoms with Gasteiger partial charge in [-0.15, -0.1) is 6.42 Å². The van der Waals surface area contributed by atoms with Crippen LogP contribution in [0, 0.1) is 12.3 Å². The van der Waals surface area contributed by atoms with Crippen molar-refractivity contribution in [3.63, 3.8) is 0 Å². The van der Waals surface area contributed by atoms with Gasteiger partial charge in [-0.1, -0.05) is 5.92 Å². The zero-order chi connectivity index (χ0) is 12.8. The molecule has 0 saturated carbocycles. The lowest BCUT2D eigenvalue weighted by Gasteiger charge is -2.24. The Morgan fingerprint density at radius 2 is 1.94 bits per heavy atom. The van der Waals surface area contributed by atoms with Crippen molar-refractivity contribution in [2.75, 3.05) is 13.2 Å². The summed E-state index contributed by atoms with van der Waals surface area (Å²) >= 11 is 0. The fourth-order valence-electron chi connectivity index (χ4n) is 0.958. The largest absolute Gasteiger partial charge is 0.369 e. The Bertz CT molecular complexity index is 335. The Labute approximate surface area is 98.4 Å². The molecule has 0 aliphatic carbocycles. The Hall–Kier alpha value is -0.570. The maximum Gasteiger partial charge on any atom is 0.272 e. The van der Waals surface area contributed by atoms with Crippen LogP contribution >= 0.6 is 0 Å². The molecule has 16 heavy (non-hydrogen) atoms. The van der Waals surface area contributed by atoms with Crippen molar-refractivity contribution in [3.05, 3.63) is 0 Å². The molecule has 0 fully saturated rings. The molecule has 0 radical (unpaired) electrons. The molecule has 4 nitrogen and oxygen atoms in total. The van der Waals surface area contributed by atoms with Gasteiger partial charge in [-0.25, -0.2) is 0 Å². The van der Waals surface area contributed by atoms with Gasteiger partial charge in [0.2, 0.25) is 0 Å². The first-order valence-electron chi connectivity index (χ1n) is 5.17. The van der Waals surface area contributed by atoms with E-state index in [1.807, 2.05) is 0 Å². The standard InChI is InChI=1S/C11H20O4S/c1-6-8-14-9-7-11(4,5)16(12,13)15-10(2)3/h1,10H,7-9H2,2-5H3. The van der Waals surface area contributed by atoms with Gasteiger partial charge in [0, 0.05) is 6.61 Å². The number of ether oxygens (including phenoxy) is 1. The van der Waals surface area contributed by atoms with Gasteiger partial charge < -0.3 is 4.74 Å². The molecule has 0 saturated heterocycles. The van der Waals surface area contributed by atoms with Crippen LogP contribution < -0.4 is 0 Å². The van der Waals surface area contributed by atoms with Crippen molar-refractivity contribution in [1.82, 2.24) is 0 Å². The molecule has 5 heteroatoms. The molecule has 0 atom stereocenters. The Kier molecular flexibility index (Phi) is 6.01. The Balaban J connectivity index is 4.36. The number of rotatable bonds is 7. The van der Waals surface area contributed by atoms with Crippen LogP contribution in [0.4, 0.5) is 0 Å². The second-order valence-electron chi connectivity index (χ2n) is 4.37. The quantitative estimate of drug-likeness (QED) is 0.390. The third-order valence-corrected chi connectivity index (χ3v) is 4.23. The van der Waals surface area contributed by atoms with E-state index in [0.29, 0.717) is 13.0 Å². The summed E-state index contributed by atoms with van der Waals surface area (Å²) in [5, 5.41) is 0. The molecule has 0 spiro atoms. The van der Waals surface area contributed by atoms with Crippen LogP contribution in [-0.4, -0.2) is 32.5 Å². The van der Waals surface area contributed by atoms with Crippen LogP contribution in [0.5, 0.6) is 0 Å². The van der Waals surface area contributed by atoms with Crippen LogP contribution in [0.3, 0.4) is 0 Å². The minimum atomic E-state index is -3.58. The summed E-state index contributed by atoms with van der Waals surface area (Å²) in [7, 11) is -3.58. The lowest BCUT2D eigenvalue weighted by molar-refractivity contribution is 0.152. The van der Waals surface area contributed by atoms with E-state index in [-0.39, 0.29) is 12.7 Å². The minimum absolute atomic E-state index is 0.196. The summed E-state index contributed by atoms with van der Waals surface area (Å²) in [6.45, 7) is 7.10. The molecule has 94 valence electrons. The van der Waals surface area contributed by atoms with Gasteiger partial charge in [0.25, 0.3) is 10.1 Å². The fraction of sp³-hybridized carbons (Fsp3) is 0.818. The van der Waals surface area contributed by atoms with Gasteiger partial charge in [-0.2, -0.15) is 8.42 Å². The third kappa shape index (κ3) is 4.97. The van der Waals surface area contributed by atoms with Crippen LogP contribution in [0.15, 0.2) is 0 Å². The summed E-state index contributed by atoms with van der Waals surface area (Å²) in [5.74, 6) is 2.32. The molecule has 0 aromatic carbocycles. The predicted octanol–water partition coefficient (Wildman–Crippen LogP) is 1.56. The van der Waals surface area contributed by atoms with Crippen molar-refractivity contribution in [1.29, 1.82) is 0 Å². The van der Waals surface area contributed by atoms with E-state index in [1.54, 1.807) is 27.7 Å². The molecule has 0 aliphatic rings. The normalized spacial score (nSPS) is 12.8. The Morgan fingerprint density at radius 3 is 2.38 bits per heavy atom. The first kappa shape index (κ1) is 15.4. The summed E-state index contributed by atoms with van der Waals surface area (Å²) in [4.78, 5) is 0. The molecular weight excluding hydrogens is 228 g/mol. The maximum absolute atomic E-state index is 11.8. The smallest absolute Gasteiger partial charge is 0.272 e. The molecule has 0 unspecified atom stereocenters. The average Bonchev–Trinajstić information content (AvgIpc) is 2.10. The van der Waals surface area contributed by atoms with Gasteiger partial charge in [-0.05, 0) is 34.1 Å². The zero-order valence-electron chi connectivity index (χ0n) is 10.3. The van der Waals surface area contributed by atoms with Crippen molar-refractivity contribution >= 4 is 10.1 Å². The lowest BCUT2D eigenvalue weighted by atomic mass is 10.1. The fourth-order valence-corrected chi connectivity index (χ4v) is 2.06. The number of terminal acetylenes is 1. The van der Waals surface area contributed by atoms with Crippen molar-refractivity contribution in [2.45, 2.75) is 45.0 Å². The topological polar surface area (TPSA) is 52.6 Å². The summed E-state index contributed by atoms with van der Waals surface area (Å²) in [5.41, 5.74) is 0. The van der Waals surface area contributed by atoms with E-state index in [0.717, 1.165) is 0 Å². The van der Waals surface area contributed by atoms with Crippen molar-refractivity contribution < 1.29 is 17.3 Å². The molecule has 0 aromatic heterocycles. The first-order chi connectivity index (χ1) is 7.23. The molecule has 0 amide bonds. The van der Waals surface area contributed by atoms with Crippen LogP contribution in [-0.2, 0) is 19.0 Å². The third-order valence-electron chi connectivity index (χ3n) is 2.03. The van der Waals surface area contributed by atoms with Crippen LogP contribution in [0.1, 0.15) is 34.1 Å². The monoisotopic (exact) mass is 248 g/mol. The molecule has 0 aromatic rings. The molecule has 0 heterocycles. The van der Waals surface area contributed by atoms with Gasteiger partial charge >= 0.3 is 0 Å². The summed E-state index contributed by atoms with van der Waals surface area (Å²) < 4.78 is 32.6. The van der Waals surface area contributed by atoms with Gasteiger partial charge in [-0.3, -0.25) is 4.18 Å². The van der Waals surface area contributed by atoms with Crippen molar-refractivity contribution in [2.24, 2.45) is 0 Å². The lowest BCUT2D eigenvalue weighted by Crippen LogP contribution is -2.36. The van der Waals surface area contributed by atoms with E-state index >= 15 is 0 Å².